The molecule has 3 heterocycles. The van der Waals surface area contributed by atoms with E-state index in [2.05, 4.69) is 69.8 Å². The molecule has 3 N–H and O–H groups in total. The smallest absolute Gasteiger partial charge is 0.254 e. The van der Waals surface area contributed by atoms with Crippen LogP contribution in [0.15, 0.2) is 28.4 Å². The quantitative estimate of drug-likeness (QED) is 0.702. The number of aryl methyl sites for hydroxylation is 2. The van der Waals surface area contributed by atoms with Crippen LogP contribution < -0.4 is 21.1 Å². The molecule has 25 heavy (non-hydrogen) atoms. The standard InChI is InChI=1S/C18H24BrN5O/c1-10-7-13(19)8-11(2)15(10)24-9-14-16(22-24)20-18(21-17(14)25)23-6-4-5-12(23)3/h7-9,12,16,18,20,22H,4-6H2,1-3H3,(H,21,25)/t12-,16?,18?/m0/s1. The molecule has 0 aromatic heterocycles. The highest BCUT2D eigenvalue weighted by molar-refractivity contribution is 9.10. The SMILES string of the molecule is Cc1cc(Br)cc(C)c1N1C=C2C(=O)NC(N3CCC[C@@H]3C)NC2N1. The molecular formula is C18H24BrN5O. The predicted octanol–water partition coefficient (Wildman–Crippen LogP) is 2.09. The summed E-state index contributed by atoms with van der Waals surface area (Å²) in [5, 5.41) is 8.61. The monoisotopic (exact) mass is 405 g/mol. The molecule has 3 aliphatic heterocycles. The minimum Gasteiger partial charge on any atom is -0.324 e. The average Bonchev–Trinajstić information content (AvgIpc) is 3.12. The van der Waals surface area contributed by atoms with Crippen molar-refractivity contribution in [1.82, 2.24) is 21.0 Å². The van der Waals surface area contributed by atoms with Crippen LogP contribution in [0.1, 0.15) is 30.9 Å². The molecular weight excluding hydrogens is 382 g/mol. The lowest BCUT2D eigenvalue weighted by Crippen LogP contribution is -2.67. The van der Waals surface area contributed by atoms with Gasteiger partial charge in [-0.05, 0) is 56.9 Å². The van der Waals surface area contributed by atoms with Gasteiger partial charge in [-0.1, -0.05) is 15.9 Å². The summed E-state index contributed by atoms with van der Waals surface area (Å²) in [5.74, 6) is -0.00438. The van der Waals surface area contributed by atoms with Gasteiger partial charge in [0.2, 0.25) is 0 Å². The summed E-state index contributed by atoms with van der Waals surface area (Å²) < 4.78 is 1.06. The summed E-state index contributed by atoms with van der Waals surface area (Å²) >= 11 is 3.54. The lowest BCUT2D eigenvalue weighted by molar-refractivity contribution is -0.122. The number of hydrogen-bond acceptors (Lipinski definition) is 5. The van der Waals surface area contributed by atoms with E-state index in [1.54, 1.807) is 0 Å². The molecule has 0 aliphatic carbocycles. The van der Waals surface area contributed by atoms with Crippen molar-refractivity contribution in [1.29, 1.82) is 0 Å². The van der Waals surface area contributed by atoms with Gasteiger partial charge in [-0.25, -0.2) is 5.43 Å². The van der Waals surface area contributed by atoms with Crippen molar-refractivity contribution in [2.75, 3.05) is 11.6 Å². The fourth-order valence-electron chi connectivity index (χ4n) is 4.11. The van der Waals surface area contributed by atoms with Crippen LogP contribution >= 0.6 is 15.9 Å². The zero-order valence-electron chi connectivity index (χ0n) is 14.8. The Bertz CT molecular complexity index is 726. The summed E-state index contributed by atoms with van der Waals surface area (Å²) in [6.07, 6.45) is 3.97. The van der Waals surface area contributed by atoms with Crippen molar-refractivity contribution in [3.63, 3.8) is 0 Å². The van der Waals surface area contributed by atoms with E-state index in [1.165, 1.54) is 12.8 Å². The molecule has 1 aromatic rings. The molecule has 0 saturated carbocycles. The second-order valence-electron chi connectivity index (χ2n) is 7.18. The van der Waals surface area contributed by atoms with E-state index in [9.17, 15) is 4.79 Å². The number of rotatable bonds is 2. The minimum absolute atomic E-state index is 0.00438. The Hall–Kier alpha value is -1.41. The van der Waals surface area contributed by atoms with Crippen LogP contribution in [0, 0.1) is 13.8 Å². The van der Waals surface area contributed by atoms with Crippen LogP contribution in [0.25, 0.3) is 0 Å². The molecule has 0 spiro atoms. The summed E-state index contributed by atoms with van der Waals surface area (Å²) in [4.78, 5) is 15.0. The number of carbonyl (C=O) groups is 1. The van der Waals surface area contributed by atoms with E-state index < -0.39 is 0 Å². The van der Waals surface area contributed by atoms with Crippen LogP contribution in [0.4, 0.5) is 5.69 Å². The van der Waals surface area contributed by atoms with Gasteiger partial charge in [0.25, 0.3) is 5.91 Å². The van der Waals surface area contributed by atoms with E-state index in [0.29, 0.717) is 6.04 Å². The first kappa shape index (κ1) is 17.0. The molecule has 134 valence electrons. The Morgan fingerprint density at radius 1 is 1.24 bits per heavy atom. The summed E-state index contributed by atoms with van der Waals surface area (Å²) in [5.41, 5.74) is 7.56. The molecule has 2 saturated heterocycles. The number of amides is 1. The van der Waals surface area contributed by atoms with E-state index in [4.69, 9.17) is 0 Å². The molecule has 6 nitrogen and oxygen atoms in total. The van der Waals surface area contributed by atoms with Gasteiger partial charge in [0, 0.05) is 23.3 Å². The van der Waals surface area contributed by atoms with E-state index in [0.717, 1.165) is 33.4 Å². The maximum atomic E-state index is 12.6. The topological polar surface area (TPSA) is 59.6 Å². The first-order chi connectivity index (χ1) is 11.9. The second-order valence-corrected chi connectivity index (χ2v) is 8.09. The average molecular weight is 406 g/mol. The summed E-state index contributed by atoms with van der Waals surface area (Å²) in [6.45, 7) is 7.39. The molecule has 3 aliphatic rings. The van der Waals surface area contributed by atoms with Gasteiger partial charge >= 0.3 is 0 Å². The van der Waals surface area contributed by atoms with Crippen molar-refractivity contribution in [2.24, 2.45) is 0 Å². The Balaban J connectivity index is 1.58. The first-order valence-electron chi connectivity index (χ1n) is 8.80. The number of nitrogens with zero attached hydrogens (tertiary/aromatic N) is 2. The van der Waals surface area contributed by atoms with Crippen LogP contribution in [0.3, 0.4) is 0 Å². The zero-order chi connectivity index (χ0) is 17.7. The molecule has 2 fully saturated rings. The van der Waals surface area contributed by atoms with Gasteiger partial charge in [-0.15, -0.1) is 0 Å². The maximum absolute atomic E-state index is 12.6. The summed E-state index contributed by atoms with van der Waals surface area (Å²) in [7, 11) is 0. The molecule has 3 atom stereocenters. The predicted molar refractivity (Wildman–Crippen MR) is 102 cm³/mol. The fraction of sp³-hybridized carbons (Fsp3) is 0.500. The van der Waals surface area contributed by atoms with Gasteiger partial charge in [0.1, 0.15) is 12.5 Å². The highest BCUT2D eigenvalue weighted by Crippen LogP contribution is 2.31. The lowest BCUT2D eigenvalue weighted by atomic mass is 10.1. The summed E-state index contributed by atoms with van der Waals surface area (Å²) in [6, 6.07) is 4.66. The number of hydrogen-bond donors (Lipinski definition) is 3. The highest BCUT2D eigenvalue weighted by Gasteiger charge is 2.40. The van der Waals surface area contributed by atoms with Crippen LogP contribution in [0.2, 0.25) is 0 Å². The largest absolute Gasteiger partial charge is 0.324 e. The molecule has 4 rings (SSSR count). The minimum atomic E-state index is -0.172. The fourth-order valence-corrected chi connectivity index (χ4v) is 4.80. The van der Waals surface area contributed by atoms with E-state index in [1.807, 2.05) is 11.2 Å². The van der Waals surface area contributed by atoms with Crippen LogP contribution in [0.5, 0.6) is 0 Å². The van der Waals surface area contributed by atoms with Crippen LogP contribution in [-0.2, 0) is 4.79 Å². The number of benzene rings is 1. The second kappa shape index (κ2) is 6.39. The lowest BCUT2D eigenvalue weighted by Gasteiger charge is -2.38. The van der Waals surface area contributed by atoms with Gasteiger partial charge in [-0.2, -0.15) is 0 Å². The number of likely N-dealkylation sites (tertiary alicyclic amines) is 1. The van der Waals surface area contributed by atoms with Crippen molar-refractivity contribution >= 4 is 27.5 Å². The number of hydrazine groups is 1. The number of halogens is 1. The normalized spacial score (nSPS) is 29.6. The third-order valence-electron chi connectivity index (χ3n) is 5.33. The van der Waals surface area contributed by atoms with Gasteiger partial charge in [-0.3, -0.25) is 20.0 Å². The van der Waals surface area contributed by atoms with Crippen molar-refractivity contribution < 1.29 is 4.79 Å². The van der Waals surface area contributed by atoms with Gasteiger partial charge in [0.15, 0.2) is 0 Å². The maximum Gasteiger partial charge on any atom is 0.254 e. The van der Waals surface area contributed by atoms with E-state index >= 15 is 0 Å². The zero-order valence-corrected chi connectivity index (χ0v) is 16.4. The number of nitrogens with one attached hydrogen (secondary N) is 3. The number of fused-ring (bicyclic) bond motifs is 1. The van der Waals surface area contributed by atoms with Gasteiger partial charge < -0.3 is 5.32 Å². The third kappa shape index (κ3) is 2.99. The van der Waals surface area contributed by atoms with Crippen LogP contribution in [-0.4, -0.2) is 35.8 Å². The van der Waals surface area contributed by atoms with E-state index in [-0.39, 0.29) is 18.4 Å². The number of carbonyl (C=O) groups excluding carboxylic acids is 1. The van der Waals surface area contributed by atoms with Crippen molar-refractivity contribution in [2.45, 2.75) is 52.1 Å². The molecule has 0 bridgehead atoms. The Labute approximate surface area is 156 Å². The Morgan fingerprint density at radius 2 is 1.96 bits per heavy atom. The Kier molecular flexibility index (Phi) is 4.35. The molecule has 1 amide bonds. The van der Waals surface area contributed by atoms with Gasteiger partial charge in [0.05, 0.1) is 11.3 Å². The molecule has 2 unspecified atom stereocenters. The third-order valence-corrected chi connectivity index (χ3v) is 5.79. The molecule has 7 heteroatoms. The highest BCUT2D eigenvalue weighted by atomic mass is 79.9. The first-order valence-corrected chi connectivity index (χ1v) is 9.60. The molecule has 1 aromatic carbocycles. The Morgan fingerprint density at radius 3 is 2.60 bits per heavy atom. The van der Waals surface area contributed by atoms with Crippen molar-refractivity contribution in [3.05, 3.63) is 39.5 Å². The number of anilines is 1. The van der Waals surface area contributed by atoms with Crippen molar-refractivity contribution in [3.8, 4) is 0 Å². The molecule has 0 radical (unpaired) electrons.